The van der Waals surface area contributed by atoms with Gasteiger partial charge in [-0.2, -0.15) is 0 Å². The Hall–Kier alpha value is -3.33. The van der Waals surface area contributed by atoms with Crippen LogP contribution in [0.5, 0.6) is 5.75 Å². The molecule has 2 amide bonds. The van der Waals surface area contributed by atoms with Gasteiger partial charge in [0.15, 0.2) is 11.0 Å². The Morgan fingerprint density at radius 3 is 2.56 bits per heavy atom. The molecule has 2 heterocycles. The van der Waals surface area contributed by atoms with E-state index in [1.807, 2.05) is 82.8 Å². The van der Waals surface area contributed by atoms with Gasteiger partial charge in [-0.05, 0) is 31.2 Å². The van der Waals surface area contributed by atoms with E-state index in [0.29, 0.717) is 37.0 Å². The van der Waals surface area contributed by atoms with Crippen LogP contribution in [0.1, 0.15) is 20.3 Å². The highest BCUT2D eigenvalue weighted by atomic mass is 32.2. The molecule has 3 aromatic rings. The predicted molar refractivity (Wildman–Crippen MR) is 132 cm³/mol. The van der Waals surface area contributed by atoms with Crippen molar-refractivity contribution in [2.45, 2.75) is 31.5 Å². The Bertz CT molecular complexity index is 1150. The smallest absolute Gasteiger partial charge is 0.233 e. The van der Waals surface area contributed by atoms with Gasteiger partial charge in [-0.25, -0.2) is 0 Å². The van der Waals surface area contributed by atoms with Gasteiger partial charge in [0.05, 0.1) is 12.9 Å². The number of amides is 2. The van der Waals surface area contributed by atoms with E-state index >= 15 is 0 Å². The van der Waals surface area contributed by atoms with Gasteiger partial charge in [0.1, 0.15) is 5.75 Å². The molecule has 1 fully saturated rings. The summed E-state index contributed by atoms with van der Waals surface area (Å²) in [4.78, 5) is 28.8. The fourth-order valence-corrected chi connectivity index (χ4v) is 4.95. The summed E-state index contributed by atoms with van der Waals surface area (Å²) in [5, 5.41) is 9.50. The minimum absolute atomic E-state index is 0.0165. The molecule has 0 saturated carbocycles. The summed E-state index contributed by atoms with van der Waals surface area (Å²) in [6.45, 7) is 5.53. The summed E-state index contributed by atoms with van der Waals surface area (Å²) in [5.74, 6) is 1.83. The van der Waals surface area contributed by atoms with Gasteiger partial charge in [-0.15, -0.1) is 10.2 Å². The van der Waals surface area contributed by atoms with Crippen molar-refractivity contribution in [3.05, 3.63) is 54.6 Å². The SMILES string of the molecule is CCC(=O)N1CCN(C(=O)CSc2nnc(-c3cccc(OC)c3)n2-c2ccccc2)CC1C. The van der Waals surface area contributed by atoms with Crippen LogP contribution in [-0.2, 0) is 9.59 Å². The van der Waals surface area contributed by atoms with Crippen molar-refractivity contribution in [2.24, 2.45) is 0 Å². The molecular formula is C25H29N5O3S. The number of benzene rings is 2. The lowest BCUT2D eigenvalue weighted by molar-refractivity contribution is -0.141. The van der Waals surface area contributed by atoms with Crippen LogP contribution >= 0.6 is 11.8 Å². The lowest BCUT2D eigenvalue weighted by atomic mass is 10.2. The van der Waals surface area contributed by atoms with E-state index in [0.717, 1.165) is 17.0 Å². The number of nitrogens with zero attached hydrogens (tertiary/aromatic N) is 5. The molecule has 0 bridgehead atoms. The highest BCUT2D eigenvalue weighted by Crippen LogP contribution is 2.30. The zero-order valence-electron chi connectivity index (χ0n) is 19.7. The van der Waals surface area contributed by atoms with Crippen LogP contribution in [0.4, 0.5) is 0 Å². The average Bonchev–Trinajstić information content (AvgIpc) is 3.31. The maximum atomic E-state index is 13.0. The summed E-state index contributed by atoms with van der Waals surface area (Å²) in [5.41, 5.74) is 1.79. The molecule has 1 aromatic heterocycles. The first-order valence-electron chi connectivity index (χ1n) is 11.4. The quantitative estimate of drug-likeness (QED) is 0.483. The molecule has 0 spiro atoms. The number of hydrogen-bond acceptors (Lipinski definition) is 6. The highest BCUT2D eigenvalue weighted by Gasteiger charge is 2.29. The molecule has 1 atom stereocenters. The predicted octanol–water partition coefficient (Wildman–Crippen LogP) is 3.50. The van der Waals surface area contributed by atoms with E-state index in [4.69, 9.17) is 4.74 Å². The maximum Gasteiger partial charge on any atom is 0.233 e. The summed E-state index contributed by atoms with van der Waals surface area (Å²) in [7, 11) is 1.63. The van der Waals surface area contributed by atoms with Crippen LogP contribution in [0.2, 0.25) is 0 Å². The molecule has 8 nitrogen and oxygen atoms in total. The zero-order chi connectivity index (χ0) is 24.1. The minimum Gasteiger partial charge on any atom is -0.497 e. The monoisotopic (exact) mass is 479 g/mol. The summed E-state index contributed by atoms with van der Waals surface area (Å²) < 4.78 is 7.34. The molecular weight excluding hydrogens is 450 g/mol. The Balaban J connectivity index is 1.53. The van der Waals surface area contributed by atoms with Crippen LogP contribution < -0.4 is 4.74 Å². The van der Waals surface area contributed by atoms with E-state index < -0.39 is 0 Å². The third-order valence-electron chi connectivity index (χ3n) is 5.90. The van der Waals surface area contributed by atoms with E-state index in [-0.39, 0.29) is 23.6 Å². The Morgan fingerprint density at radius 2 is 1.85 bits per heavy atom. The van der Waals surface area contributed by atoms with E-state index in [1.54, 1.807) is 7.11 Å². The number of piperazine rings is 1. The van der Waals surface area contributed by atoms with Crippen LogP contribution in [0, 0.1) is 0 Å². The van der Waals surface area contributed by atoms with Crippen molar-refractivity contribution >= 4 is 23.6 Å². The molecule has 1 aliphatic rings. The highest BCUT2D eigenvalue weighted by molar-refractivity contribution is 7.99. The van der Waals surface area contributed by atoms with Gasteiger partial charge >= 0.3 is 0 Å². The average molecular weight is 480 g/mol. The number of methoxy groups -OCH3 is 1. The first-order chi connectivity index (χ1) is 16.5. The van der Waals surface area contributed by atoms with Gasteiger partial charge in [0.25, 0.3) is 0 Å². The molecule has 0 N–H and O–H groups in total. The molecule has 9 heteroatoms. The Morgan fingerprint density at radius 1 is 1.06 bits per heavy atom. The number of ether oxygens (including phenoxy) is 1. The summed E-state index contributed by atoms with van der Waals surface area (Å²) in [6, 6.07) is 17.6. The Labute approximate surface area is 203 Å². The van der Waals surface area contributed by atoms with Crippen LogP contribution in [-0.4, -0.2) is 74.9 Å². The number of carbonyl (C=O) groups is 2. The van der Waals surface area contributed by atoms with Crippen molar-refractivity contribution in [2.75, 3.05) is 32.5 Å². The lowest BCUT2D eigenvalue weighted by Crippen LogP contribution is -2.55. The standard InChI is InChI=1S/C25H29N5O3S/c1-4-22(31)29-14-13-28(16-18(29)2)23(32)17-34-25-27-26-24(19-9-8-12-21(15-19)33-3)30(25)20-10-6-5-7-11-20/h5-12,15,18H,4,13-14,16-17H2,1-3H3. The topological polar surface area (TPSA) is 80.6 Å². The number of aromatic nitrogens is 3. The van der Waals surface area contributed by atoms with Crippen molar-refractivity contribution < 1.29 is 14.3 Å². The second-order valence-electron chi connectivity index (χ2n) is 8.13. The zero-order valence-corrected chi connectivity index (χ0v) is 20.5. The molecule has 1 saturated heterocycles. The van der Waals surface area contributed by atoms with E-state index in [9.17, 15) is 9.59 Å². The van der Waals surface area contributed by atoms with Crippen molar-refractivity contribution in [3.8, 4) is 22.8 Å². The fraction of sp³-hybridized carbons (Fsp3) is 0.360. The second kappa shape index (κ2) is 10.7. The largest absolute Gasteiger partial charge is 0.497 e. The van der Waals surface area contributed by atoms with Gasteiger partial charge in [0.2, 0.25) is 11.8 Å². The fourth-order valence-electron chi connectivity index (χ4n) is 4.10. The number of rotatable bonds is 7. The molecule has 0 radical (unpaired) electrons. The van der Waals surface area contributed by atoms with Crippen LogP contribution in [0.3, 0.4) is 0 Å². The summed E-state index contributed by atoms with van der Waals surface area (Å²) >= 11 is 1.37. The molecule has 34 heavy (non-hydrogen) atoms. The van der Waals surface area contributed by atoms with E-state index in [1.165, 1.54) is 11.8 Å². The third kappa shape index (κ3) is 5.09. The molecule has 1 aliphatic heterocycles. The minimum atomic E-state index is 0.0165. The maximum absolute atomic E-state index is 13.0. The molecule has 1 unspecified atom stereocenters. The van der Waals surface area contributed by atoms with Crippen molar-refractivity contribution in [3.63, 3.8) is 0 Å². The molecule has 0 aliphatic carbocycles. The van der Waals surface area contributed by atoms with E-state index in [2.05, 4.69) is 10.2 Å². The molecule has 178 valence electrons. The van der Waals surface area contributed by atoms with Crippen molar-refractivity contribution in [1.82, 2.24) is 24.6 Å². The van der Waals surface area contributed by atoms with Gasteiger partial charge in [-0.3, -0.25) is 14.2 Å². The number of thioether (sulfide) groups is 1. The number of hydrogen-bond donors (Lipinski definition) is 0. The van der Waals surface area contributed by atoms with Gasteiger partial charge in [0, 0.05) is 43.3 Å². The van der Waals surface area contributed by atoms with Crippen LogP contribution in [0.15, 0.2) is 59.8 Å². The first-order valence-corrected chi connectivity index (χ1v) is 12.4. The summed E-state index contributed by atoms with van der Waals surface area (Å²) in [6.07, 6.45) is 0.485. The van der Waals surface area contributed by atoms with Crippen LogP contribution in [0.25, 0.3) is 17.1 Å². The van der Waals surface area contributed by atoms with Crippen molar-refractivity contribution in [1.29, 1.82) is 0 Å². The first kappa shape index (κ1) is 23.8. The lowest BCUT2D eigenvalue weighted by Gasteiger charge is -2.39. The normalized spacial score (nSPS) is 15.9. The number of para-hydroxylation sites is 1. The molecule has 2 aromatic carbocycles. The number of carbonyl (C=O) groups excluding carboxylic acids is 2. The third-order valence-corrected chi connectivity index (χ3v) is 6.82. The second-order valence-corrected chi connectivity index (χ2v) is 9.07. The molecule has 4 rings (SSSR count). The van der Waals surface area contributed by atoms with Gasteiger partial charge in [-0.1, -0.05) is 49.0 Å². The van der Waals surface area contributed by atoms with Gasteiger partial charge < -0.3 is 14.5 Å². The Kier molecular flexibility index (Phi) is 7.52.